The van der Waals surface area contributed by atoms with E-state index in [1.807, 2.05) is 6.07 Å². The Hall–Kier alpha value is -1.75. The van der Waals surface area contributed by atoms with E-state index in [2.05, 4.69) is 31.2 Å². The third-order valence-electron chi connectivity index (χ3n) is 4.03. The topological polar surface area (TPSA) is 53.9 Å². The summed E-state index contributed by atoms with van der Waals surface area (Å²) < 4.78 is 0. The highest BCUT2D eigenvalue weighted by Gasteiger charge is 2.36. The van der Waals surface area contributed by atoms with Gasteiger partial charge in [-0.1, -0.05) is 0 Å². The number of pyridine rings is 1. The van der Waals surface area contributed by atoms with Crippen LogP contribution < -0.4 is 10.2 Å². The Kier molecular flexibility index (Phi) is 2.20. The van der Waals surface area contributed by atoms with Crippen molar-refractivity contribution in [2.24, 2.45) is 11.8 Å². The molecule has 2 fully saturated rings. The van der Waals surface area contributed by atoms with Crippen LogP contribution in [0.25, 0.3) is 11.2 Å². The van der Waals surface area contributed by atoms with Gasteiger partial charge in [-0.2, -0.15) is 0 Å². The molecule has 2 aliphatic rings. The lowest BCUT2D eigenvalue weighted by Gasteiger charge is -2.18. The Bertz CT molecular complexity index is 572. The Labute approximate surface area is 105 Å². The van der Waals surface area contributed by atoms with Gasteiger partial charge in [-0.3, -0.25) is 4.98 Å². The van der Waals surface area contributed by atoms with Crippen molar-refractivity contribution >= 4 is 17.0 Å². The van der Waals surface area contributed by atoms with Crippen LogP contribution in [0.1, 0.15) is 0 Å². The van der Waals surface area contributed by atoms with Crippen LogP contribution in [0.5, 0.6) is 0 Å². The number of fused-ring (bicyclic) bond motifs is 2. The highest BCUT2D eigenvalue weighted by molar-refractivity contribution is 5.71. The fourth-order valence-electron chi connectivity index (χ4n) is 3.06. The number of hydrogen-bond donors (Lipinski definition) is 1. The van der Waals surface area contributed by atoms with Crippen molar-refractivity contribution < 1.29 is 0 Å². The number of nitrogens with zero attached hydrogens (tertiary/aromatic N) is 4. The molecule has 0 spiro atoms. The zero-order valence-corrected chi connectivity index (χ0v) is 10.1. The molecule has 2 atom stereocenters. The van der Waals surface area contributed by atoms with Crippen molar-refractivity contribution in [3.63, 3.8) is 0 Å². The molecule has 5 nitrogen and oxygen atoms in total. The highest BCUT2D eigenvalue weighted by Crippen LogP contribution is 2.29. The molecule has 0 bridgehead atoms. The van der Waals surface area contributed by atoms with Crippen molar-refractivity contribution in [1.82, 2.24) is 20.3 Å². The first-order valence-corrected chi connectivity index (χ1v) is 6.43. The summed E-state index contributed by atoms with van der Waals surface area (Å²) in [4.78, 5) is 15.5. The van der Waals surface area contributed by atoms with Crippen molar-refractivity contribution in [1.29, 1.82) is 0 Å². The molecule has 0 aromatic carbocycles. The second kappa shape index (κ2) is 3.88. The van der Waals surface area contributed by atoms with Crippen LogP contribution in [0.4, 0.5) is 5.82 Å². The van der Waals surface area contributed by atoms with E-state index >= 15 is 0 Å². The van der Waals surface area contributed by atoms with Gasteiger partial charge in [0, 0.05) is 38.6 Å². The largest absolute Gasteiger partial charge is 0.356 e. The number of hydrogen-bond acceptors (Lipinski definition) is 5. The third kappa shape index (κ3) is 1.54. The smallest absolute Gasteiger partial charge is 0.180 e. The molecule has 2 saturated heterocycles. The molecule has 0 radical (unpaired) electrons. The van der Waals surface area contributed by atoms with Gasteiger partial charge >= 0.3 is 0 Å². The fourth-order valence-corrected chi connectivity index (χ4v) is 3.06. The van der Waals surface area contributed by atoms with Gasteiger partial charge in [0.05, 0.1) is 0 Å². The maximum Gasteiger partial charge on any atom is 0.180 e. The molecule has 92 valence electrons. The third-order valence-corrected chi connectivity index (χ3v) is 4.03. The van der Waals surface area contributed by atoms with Crippen molar-refractivity contribution in [2.75, 3.05) is 31.1 Å². The van der Waals surface area contributed by atoms with E-state index in [0.717, 1.165) is 55.0 Å². The molecule has 4 heterocycles. The second-order valence-corrected chi connectivity index (χ2v) is 5.15. The molecule has 5 heteroatoms. The van der Waals surface area contributed by atoms with E-state index in [9.17, 15) is 0 Å². The number of aromatic nitrogens is 3. The van der Waals surface area contributed by atoms with Crippen molar-refractivity contribution in [2.45, 2.75) is 0 Å². The monoisotopic (exact) mass is 241 g/mol. The minimum Gasteiger partial charge on any atom is -0.356 e. The Morgan fingerprint density at radius 3 is 2.67 bits per heavy atom. The molecule has 2 aliphatic heterocycles. The summed E-state index contributed by atoms with van der Waals surface area (Å²) in [5.74, 6) is 2.60. The zero-order chi connectivity index (χ0) is 11.9. The van der Waals surface area contributed by atoms with E-state index in [1.54, 1.807) is 12.4 Å². The maximum atomic E-state index is 4.62. The van der Waals surface area contributed by atoms with E-state index in [0.29, 0.717) is 0 Å². The number of rotatable bonds is 1. The van der Waals surface area contributed by atoms with Gasteiger partial charge in [0.15, 0.2) is 5.65 Å². The van der Waals surface area contributed by atoms with Gasteiger partial charge in [0.1, 0.15) is 11.3 Å². The van der Waals surface area contributed by atoms with Crippen LogP contribution in [-0.4, -0.2) is 41.1 Å². The second-order valence-electron chi connectivity index (χ2n) is 5.15. The molecule has 2 unspecified atom stereocenters. The summed E-state index contributed by atoms with van der Waals surface area (Å²) in [6.07, 6.45) is 3.40. The average molecular weight is 241 g/mol. The summed E-state index contributed by atoms with van der Waals surface area (Å²) in [5.41, 5.74) is 1.60. The quantitative estimate of drug-likeness (QED) is 0.795. The lowest BCUT2D eigenvalue weighted by atomic mass is 10.0. The number of anilines is 1. The molecule has 4 rings (SSSR count). The molecule has 2 aromatic heterocycles. The molecule has 18 heavy (non-hydrogen) atoms. The fraction of sp³-hybridized carbons (Fsp3) is 0.462. The minimum atomic E-state index is 0.741. The van der Waals surface area contributed by atoms with Gasteiger partial charge in [-0.05, 0) is 24.0 Å². The summed E-state index contributed by atoms with van der Waals surface area (Å²) in [5, 5.41) is 3.46. The maximum absolute atomic E-state index is 4.62. The molecule has 0 amide bonds. The van der Waals surface area contributed by atoms with E-state index in [4.69, 9.17) is 0 Å². The van der Waals surface area contributed by atoms with Crippen LogP contribution in [-0.2, 0) is 0 Å². The van der Waals surface area contributed by atoms with Gasteiger partial charge in [-0.25, -0.2) is 9.97 Å². The van der Waals surface area contributed by atoms with Gasteiger partial charge in [0.25, 0.3) is 0 Å². The van der Waals surface area contributed by atoms with Crippen LogP contribution >= 0.6 is 0 Å². The summed E-state index contributed by atoms with van der Waals surface area (Å²) >= 11 is 0. The Morgan fingerprint density at radius 2 is 1.83 bits per heavy atom. The normalized spacial score (nSPS) is 26.8. The average Bonchev–Trinajstić information content (AvgIpc) is 2.99. The van der Waals surface area contributed by atoms with E-state index in [-0.39, 0.29) is 0 Å². The molecule has 1 N–H and O–H groups in total. The zero-order valence-electron chi connectivity index (χ0n) is 10.1. The summed E-state index contributed by atoms with van der Waals surface area (Å²) in [7, 11) is 0. The predicted octanol–water partition coefficient (Wildman–Crippen LogP) is 0.680. The molecular formula is C13H15N5. The molecule has 0 aliphatic carbocycles. The first-order chi connectivity index (χ1) is 8.90. The lowest BCUT2D eigenvalue weighted by molar-refractivity contribution is 0.533. The van der Waals surface area contributed by atoms with Crippen molar-refractivity contribution in [3.8, 4) is 0 Å². The van der Waals surface area contributed by atoms with Crippen LogP contribution in [0.2, 0.25) is 0 Å². The minimum absolute atomic E-state index is 0.741. The first kappa shape index (κ1) is 10.2. The first-order valence-electron chi connectivity index (χ1n) is 6.43. The highest BCUT2D eigenvalue weighted by atomic mass is 15.2. The lowest BCUT2D eigenvalue weighted by Crippen LogP contribution is -2.26. The number of nitrogens with one attached hydrogen (secondary N) is 1. The molecule has 2 aromatic rings. The van der Waals surface area contributed by atoms with Gasteiger partial charge in [-0.15, -0.1) is 0 Å². The standard InChI is InChI=1S/C13H15N5/c1-2-12(17-13-11(1)15-3-4-16-13)18-7-9-5-14-6-10(9)8-18/h1-4,9-10,14H,5-8H2. The summed E-state index contributed by atoms with van der Waals surface area (Å²) in [6.45, 7) is 4.51. The summed E-state index contributed by atoms with van der Waals surface area (Å²) in [6, 6.07) is 4.07. The van der Waals surface area contributed by atoms with Crippen LogP contribution in [0.3, 0.4) is 0 Å². The molecular weight excluding hydrogens is 226 g/mol. The van der Waals surface area contributed by atoms with Gasteiger partial charge < -0.3 is 10.2 Å². The van der Waals surface area contributed by atoms with E-state index in [1.165, 1.54) is 0 Å². The van der Waals surface area contributed by atoms with E-state index < -0.39 is 0 Å². The SMILES string of the molecule is c1cnc2nc(N3CC4CNCC4C3)ccc2n1. The Morgan fingerprint density at radius 1 is 1.06 bits per heavy atom. The predicted molar refractivity (Wildman–Crippen MR) is 69.4 cm³/mol. The van der Waals surface area contributed by atoms with Crippen LogP contribution in [0, 0.1) is 11.8 Å². The Balaban J connectivity index is 1.67. The van der Waals surface area contributed by atoms with Crippen molar-refractivity contribution in [3.05, 3.63) is 24.5 Å². The molecule has 0 saturated carbocycles. The van der Waals surface area contributed by atoms with Crippen LogP contribution in [0.15, 0.2) is 24.5 Å². The van der Waals surface area contributed by atoms with Gasteiger partial charge in [0.2, 0.25) is 0 Å².